The summed E-state index contributed by atoms with van der Waals surface area (Å²) in [6.45, 7) is 4.41. The van der Waals surface area contributed by atoms with Gasteiger partial charge in [-0.15, -0.1) is 34.4 Å². The van der Waals surface area contributed by atoms with Gasteiger partial charge < -0.3 is 15.4 Å². The molecule has 4 rings (SSSR count). The number of carbonyl (C=O) groups is 2. The normalized spacial score (nSPS) is 11.6. The average molecular weight is 510 g/mol. The van der Waals surface area contributed by atoms with Crippen molar-refractivity contribution >= 4 is 57.1 Å². The van der Waals surface area contributed by atoms with Gasteiger partial charge in [-0.1, -0.05) is 12.1 Å². The molecule has 2 aromatic heterocycles. The van der Waals surface area contributed by atoms with E-state index in [0.717, 1.165) is 21.9 Å². The highest BCUT2D eigenvalue weighted by Crippen LogP contribution is 2.29. The Hall–Kier alpha value is -3.14. The molecule has 1 atom stereocenters. The summed E-state index contributed by atoms with van der Waals surface area (Å²) in [6, 6.07) is 18.8. The number of hydrogen-bond acceptors (Lipinski definition) is 7. The van der Waals surface area contributed by atoms with E-state index in [2.05, 4.69) is 15.6 Å². The van der Waals surface area contributed by atoms with Crippen molar-refractivity contribution in [1.29, 1.82) is 0 Å². The van der Waals surface area contributed by atoms with Gasteiger partial charge in [-0.3, -0.25) is 9.59 Å². The molecule has 0 bridgehead atoms. The smallest absolute Gasteiger partial charge is 0.265 e. The maximum Gasteiger partial charge on any atom is 0.265 e. The van der Waals surface area contributed by atoms with E-state index in [4.69, 9.17) is 4.74 Å². The molecule has 0 fully saturated rings. The predicted molar refractivity (Wildman–Crippen MR) is 141 cm³/mol. The van der Waals surface area contributed by atoms with Crippen molar-refractivity contribution in [3.63, 3.8) is 0 Å². The summed E-state index contributed by atoms with van der Waals surface area (Å²) in [4.78, 5) is 31.1. The molecule has 174 valence electrons. The van der Waals surface area contributed by atoms with Gasteiger partial charge in [0.1, 0.15) is 5.75 Å². The SMILES string of the molecule is CCOc1ccc(-c2csc(NC(=O)C(C)Sc3cccc(NC(=O)c4cccs4)c3)n2)cc1. The maximum atomic E-state index is 12.7. The molecule has 0 aliphatic rings. The van der Waals surface area contributed by atoms with Crippen LogP contribution >= 0.6 is 34.4 Å². The van der Waals surface area contributed by atoms with Crippen molar-refractivity contribution in [3.8, 4) is 17.0 Å². The topological polar surface area (TPSA) is 80.3 Å². The number of nitrogens with one attached hydrogen (secondary N) is 2. The molecular formula is C25H23N3O3S3. The second kappa shape index (κ2) is 11.3. The number of nitrogens with zero attached hydrogens (tertiary/aromatic N) is 1. The molecule has 2 amide bonds. The molecule has 0 radical (unpaired) electrons. The highest BCUT2D eigenvalue weighted by molar-refractivity contribution is 8.00. The van der Waals surface area contributed by atoms with E-state index < -0.39 is 0 Å². The van der Waals surface area contributed by atoms with Crippen LogP contribution < -0.4 is 15.4 Å². The number of ether oxygens (including phenoxy) is 1. The van der Waals surface area contributed by atoms with Gasteiger partial charge in [0.15, 0.2) is 5.13 Å². The van der Waals surface area contributed by atoms with Gasteiger partial charge in [0.2, 0.25) is 5.91 Å². The van der Waals surface area contributed by atoms with Crippen LogP contribution in [0.2, 0.25) is 0 Å². The lowest BCUT2D eigenvalue weighted by atomic mass is 10.2. The molecule has 0 saturated carbocycles. The monoisotopic (exact) mass is 509 g/mol. The molecule has 0 saturated heterocycles. The van der Waals surface area contributed by atoms with Crippen LogP contribution in [-0.4, -0.2) is 28.7 Å². The van der Waals surface area contributed by atoms with Crippen LogP contribution in [0.4, 0.5) is 10.8 Å². The first-order chi connectivity index (χ1) is 16.5. The van der Waals surface area contributed by atoms with Crippen LogP contribution in [0.15, 0.2) is 76.3 Å². The van der Waals surface area contributed by atoms with E-state index >= 15 is 0 Å². The predicted octanol–water partition coefficient (Wildman–Crippen LogP) is 6.64. The number of anilines is 2. The third-order valence-electron chi connectivity index (χ3n) is 4.71. The number of amides is 2. The molecule has 1 unspecified atom stereocenters. The molecule has 0 spiro atoms. The number of carbonyl (C=O) groups excluding carboxylic acids is 2. The lowest BCUT2D eigenvalue weighted by Gasteiger charge is -2.12. The Morgan fingerprint density at radius 3 is 2.62 bits per heavy atom. The van der Waals surface area contributed by atoms with Crippen LogP contribution in [0.1, 0.15) is 23.5 Å². The molecule has 0 aliphatic heterocycles. The van der Waals surface area contributed by atoms with Crippen LogP contribution in [0.3, 0.4) is 0 Å². The third kappa shape index (κ3) is 6.25. The average Bonchev–Trinajstić information content (AvgIpc) is 3.53. The Morgan fingerprint density at radius 1 is 1.06 bits per heavy atom. The number of thiazole rings is 1. The van der Waals surface area contributed by atoms with E-state index in [-0.39, 0.29) is 17.1 Å². The number of thioether (sulfide) groups is 1. The van der Waals surface area contributed by atoms with Crippen LogP contribution in [0.25, 0.3) is 11.3 Å². The third-order valence-corrected chi connectivity index (χ3v) is 7.43. The number of thiophene rings is 1. The van der Waals surface area contributed by atoms with Gasteiger partial charge >= 0.3 is 0 Å². The Bertz CT molecular complexity index is 1250. The van der Waals surface area contributed by atoms with E-state index in [1.54, 1.807) is 6.07 Å². The van der Waals surface area contributed by atoms with Gasteiger partial charge in [0, 0.05) is 21.5 Å². The van der Waals surface area contributed by atoms with Crippen LogP contribution in [0, 0.1) is 0 Å². The Balaban J connectivity index is 1.34. The van der Waals surface area contributed by atoms with Crippen LogP contribution in [-0.2, 0) is 4.79 Å². The molecule has 2 heterocycles. The summed E-state index contributed by atoms with van der Waals surface area (Å²) in [7, 11) is 0. The highest BCUT2D eigenvalue weighted by atomic mass is 32.2. The minimum absolute atomic E-state index is 0.134. The first-order valence-corrected chi connectivity index (χ1v) is 13.3. The van der Waals surface area contributed by atoms with Crippen LogP contribution in [0.5, 0.6) is 5.75 Å². The van der Waals surface area contributed by atoms with E-state index in [1.807, 2.05) is 79.2 Å². The highest BCUT2D eigenvalue weighted by Gasteiger charge is 2.17. The summed E-state index contributed by atoms with van der Waals surface area (Å²) in [6.07, 6.45) is 0. The molecular weight excluding hydrogens is 486 g/mol. The van der Waals surface area contributed by atoms with Crippen molar-refractivity contribution in [2.45, 2.75) is 24.0 Å². The minimum atomic E-state index is -0.346. The molecule has 4 aromatic rings. The van der Waals surface area contributed by atoms with Gasteiger partial charge in [-0.25, -0.2) is 4.98 Å². The van der Waals surface area contributed by atoms with Gasteiger partial charge in [-0.05, 0) is 67.8 Å². The van der Waals surface area contributed by atoms with Crippen molar-refractivity contribution in [2.24, 2.45) is 0 Å². The quantitative estimate of drug-likeness (QED) is 0.247. The summed E-state index contributed by atoms with van der Waals surface area (Å²) < 4.78 is 5.48. The van der Waals surface area contributed by atoms with E-state index in [9.17, 15) is 9.59 Å². The zero-order valence-corrected chi connectivity index (χ0v) is 21.1. The zero-order valence-electron chi connectivity index (χ0n) is 18.6. The van der Waals surface area contributed by atoms with Crippen molar-refractivity contribution in [1.82, 2.24) is 4.98 Å². The van der Waals surface area contributed by atoms with Gasteiger partial charge in [-0.2, -0.15) is 0 Å². The summed E-state index contributed by atoms with van der Waals surface area (Å²) >= 11 is 4.20. The second-order valence-electron chi connectivity index (χ2n) is 7.20. The number of benzene rings is 2. The first kappa shape index (κ1) is 24.0. The molecule has 9 heteroatoms. The van der Waals surface area contributed by atoms with E-state index in [1.165, 1.54) is 34.4 Å². The molecule has 2 aromatic carbocycles. The standard InChI is InChI=1S/C25H23N3O3S3/c1-3-31-19-11-9-17(10-12-19)21-15-33-25(27-21)28-23(29)16(2)34-20-7-4-6-18(14-20)26-24(30)22-8-5-13-32-22/h4-16H,3H2,1-2H3,(H,26,30)(H,27,28,29). The first-order valence-electron chi connectivity index (χ1n) is 10.6. The zero-order chi connectivity index (χ0) is 23.9. The summed E-state index contributed by atoms with van der Waals surface area (Å²) in [5.74, 6) is 0.539. The molecule has 6 nitrogen and oxygen atoms in total. The Labute approximate surface area is 210 Å². The largest absolute Gasteiger partial charge is 0.494 e. The van der Waals surface area contributed by atoms with Crippen molar-refractivity contribution in [3.05, 3.63) is 76.3 Å². The maximum absolute atomic E-state index is 12.7. The minimum Gasteiger partial charge on any atom is -0.494 e. The van der Waals surface area contributed by atoms with Crippen molar-refractivity contribution < 1.29 is 14.3 Å². The molecule has 34 heavy (non-hydrogen) atoms. The molecule has 2 N–H and O–H groups in total. The van der Waals surface area contributed by atoms with Gasteiger partial charge in [0.05, 0.1) is 22.4 Å². The Morgan fingerprint density at radius 2 is 1.88 bits per heavy atom. The van der Waals surface area contributed by atoms with E-state index in [0.29, 0.717) is 22.3 Å². The second-order valence-corrected chi connectivity index (χ2v) is 10.4. The lowest BCUT2D eigenvalue weighted by Crippen LogP contribution is -2.22. The number of aromatic nitrogens is 1. The number of hydrogen-bond donors (Lipinski definition) is 2. The number of rotatable bonds is 9. The molecule has 0 aliphatic carbocycles. The Kier molecular flexibility index (Phi) is 7.99. The summed E-state index contributed by atoms with van der Waals surface area (Å²) in [5.41, 5.74) is 2.46. The fourth-order valence-electron chi connectivity index (χ4n) is 3.06. The summed E-state index contributed by atoms with van der Waals surface area (Å²) in [5, 5.41) is 9.79. The lowest BCUT2D eigenvalue weighted by molar-refractivity contribution is -0.115. The van der Waals surface area contributed by atoms with Gasteiger partial charge in [0.25, 0.3) is 5.91 Å². The fourth-order valence-corrected chi connectivity index (χ4v) is 5.33. The fraction of sp³-hybridized carbons (Fsp3) is 0.160. The van der Waals surface area contributed by atoms with Crippen molar-refractivity contribution in [2.75, 3.05) is 17.2 Å².